The Balaban J connectivity index is 1.43. The molecule has 0 radical (unpaired) electrons. The quantitative estimate of drug-likeness (QED) is 0.245. The first kappa shape index (κ1) is 27.2. The average molecular weight is 546 g/mol. The monoisotopic (exact) mass is 545 g/mol. The molecule has 2 amide bonds. The maximum absolute atomic E-state index is 13.0. The highest BCUT2D eigenvalue weighted by Gasteiger charge is 2.19. The summed E-state index contributed by atoms with van der Waals surface area (Å²) >= 11 is 0. The lowest BCUT2D eigenvalue weighted by Crippen LogP contribution is -2.18. The smallest absolute Gasteiger partial charge is 0.261 e. The number of amides is 2. The van der Waals surface area contributed by atoms with E-state index in [9.17, 15) is 18.0 Å². The van der Waals surface area contributed by atoms with Crippen LogP contribution < -0.4 is 24.8 Å². The van der Waals surface area contributed by atoms with Crippen LogP contribution in [-0.2, 0) is 10.0 Å². The topological polar surface area (TPSA) is 123 Å². The van der Waals surface area contributed by atoms with Crippen molar-refractivity contribution in [2.45, 2.75) is 11.8 Å². The van der Waals surface area contributed by atoms with Crippen LogP contribution in [0.25, 0.3) is 0 Å². The maximum Gasteiger partial charge on any atom is 0.261 e. The summed E-state index contributed by atoms with van der Waals surface area (Å²) in [5, 5.41) is 5.53. The second-order valence-corrected chi connectivity index (χ2v) is 9.95. The molecule has 200 valence electrons. The highest BCUT2D eigenvalue weighted by atomic mass is 32.2. The fourth-order valence-corrected chi connectivity index (χ4v) is 4.72. The van der Waals surface area contributed by atoms with E-state index in [1.54, 1.807) is 79.9 Å². The van der Waals surface area contributed by atoms with E-state index in [0.717, 1.165) is 0 Å². The van der Waals surface area contributed by atoms with Crippen molar-refractivity contribution in [3.05, 3.63) is 108 Å². The van der Waals surface area contributed by atoms with Crippen molar-refractivity contribution >= 4 is 38.9 Å². The molecule has 4 rings (SSSR count). The number of carbonyl (C=O) groups excluding carboxylic acids is 2. The van der Waals surface area contributed by atoms with Crippen LogP contribution in [-0.4, -0.2) is 33.9 Å². The van der Waals surface area contributed by atoms with Gasteiger partial charge in [0.1, 0.15) is 11.5 Å². The molecule has 0 bridgehead atoms. The zero-order valence-corrected chi connectivity index (χ0v) is 22.1. The van der Waals surface area contributed by atoms with Crippen molar-refractivity contribution in [1.82, 2.24) is 0 Å². The van der Waals surface area contributed by atoms with Crippen molar-refractivity contribution in [3.8, 4) is 11.5 Å². The van der Waals surface area contributed by atoms with Crippen LogP contribution in [0.2, 0.25) is 0 Å². The molecule has 0 heterocycles. The minimum atomic E-state index is -3.96. The fraction of sp³-hybridized carbons (Fsp3) is 0.103. The molecule has 39 heavy (non-hydrogen) atoms. The van der Waals surface area contributed by atoms with Gasteiger partial charge in [0.2, 0.25) is 0 Å². The van der Waals surface area contributed by atoms with Gasteiger partial charge < -0.3 is 20.1 Å². The predicted molar refractivity (Wildman–Crippen MR) is 150 cm³/mol. The molecule has 0 unspecified atom stereocenters. The molecule has 0 aliphatic carbocycles. The summed E-state index contributed by atoms with van der Waals surface area (Å²) in [6.45, 7) is 2.30. The van der Waals surface area contributed by atoms with Gasteiger partial charge in [0.25, 0.3) is 21.8 Å². The van der Waals surface area contributed by atoms with Crippen LogP contribution in [0.1, 0.15) is 27.6 Å². The Morgan fingerprint density at radius 3 is 1.90 bits per heavy atom. The Kier molecular flexibility index (Phi) is 8.47. The first-order valence-corrected chi connectivity index (χ1v) is 13.5. The summed E-state index contributed by atoms with van der Waals surface area (Å²) in [6.07, 6.45) is 0. The zero-order valence-electron chi connectivity index (χ0n) is 21.3. The molecule has 0 spiro atoms. The minimum absolute atomic E-state index is 0.0321. The van der Waals surface area contributed by atoms with Gasteiger partial charge in [-0.05, 0) is 91.9 Å². The average Bonchev–Trinajstić information content (AvgIpc) is 2.94. The van der Waals surface area contributed by atoms with Crippen LogP contribution in [0.4, 0.5) is 17.1 Å². The van der Waals surface area contributed by atoms with Crippen molar-refractivity contribution in [2.75, 3.05) is 29.1 Å². The second kappa shape index (κ2) is 12.1. The summed E-state index contributed by atoms with van der Waals surface area (Å²) in [5.74, 6) is 0.404. The van der Waals surface area contributed by atoms with E-state index < -0.39 is 15.9 Å². The molecule has 0 aliphatic rings. The predicted octanol–water partition coefficient (Wildman–Crippen LogP) is 5.40. The first-order chi connectivity index (χ1) is 18.8. The van der Waals surface area contributed by atoms with Crippen LogP contribution in [0.3, 0.4) is 0 Å². The van der Waals surface area contributed by atoms with Gasteiger partial charge in [0.15, 0.2) is 0 Å². The lowest BCUT2D eigenvalue weighted by molar-refractivity contribution is 0.102. The second-order valence-electron chi connectivity index (χ2n) is 8.27. The lowest BCUT2D eigenvalue weighted by Gasteiger charge is -2.13. The normalized spacial score (nSPS) is 10.8. The number of nitrogens with one attached hydrogen (secondary N) is 3. The van der Waals surface area contributed by atoms with Crippen LogP contribution in [0.5, 0.6) is 11.5 Å². The molecule has 0 aliphatic heterocycles. The number of ether oxygens (including phenoxy) is 2. The third-order valence-corrected chi connectivity index (χ3v) is 7.00. The van der Waals surface area contributed by atoms with E-state index >= 15 is 0 Å². The summed E-state index contributed by atoms with van der Waals surface area (Å²) in [5.41, 5.74) is 1.70. The van der Waals surface area contributed by atoms with Crippen molar-refractivity contribution < 1.29 is 27.5 Å². The number of benzene rings is 4. The highest BCUT2D eigenvalue weighted by Crippen LogP contribution is 2.23. The van der Waals surface area contributed by atoms with E-state index in [4.69, 9.17) is 9.47 Å². The first-order valence-electron chi connectivity index (χ1n) is 12.0. The van der Waals surface area contributed by atoms with E-state index in [1.165, 1.54) is 24.3 Å². The van der Waals surface area contributed by atoms with Gasteiger partial charge in [-0.3, -0.25) is 14.3 Å². The molecule has 9 nitrogen and oxygen atoms in total. The largest absolute Gasteiger partial charge is 0.497 e. The third kappa shape index (κ3) is 6.93. The molecule has 0 saturated carbocycles. The van der Waals surface area contributed by atoms with Gasteiger partial charge >= 0.3 is 0 Å². The van der Waals surface area contributed by atoms with Gasteiger partial charge in [-0.1, -0.05) is 12.1 Å². The molecule has 0 fully saturated rings. The summed E-state index contributed by atoms with van der Waals surface area (Å²) in [4.78, 5) is 25.6. The Bertz CT molecular complexity index is 1550. The fourth-order valence-electron chi connectivity index (χ4n) is 3.64. The van der Waals surface area contributed by atoms with Crippen molar-refractivity contribution in [1.29, 1.82) is 0 Å². The maximum atomic E-state index is 13.0. The molecule has 0 saturated heterocycles. The van der Waals surface area contributed by atoms with Crippen LogP contribution in [0, 0.1) is 0 Å². The number of para-hydroxylation sites is 1. The van der Waals surface area contributed by atoms with Gasteiger partial charge in [-0.2, -0.15) is 0 Å². The standard InChI is InChI=1S/C29H27N3O6S/c1-3-38-24-16-18-25(19-17-24)39(35,36)32-27-7-5-4-6-26(27)29(34)31-21-10-8-20(9-11-21)28(33)30-22-12-14-23(37-2)15-13-22/h4-19,32H,3H2,1-2H3,(H,30,33)(H,31,34). The molecule has 4 aromatic rings. The van der Waals surface area contributed by atoms with E-state index in [0.29, 0.717) is 35.0 Å². The molecule has 10 heteroatoms. The van der Waals surface area contributed by atoms with Crippen LogP contribution in [0.15, 0.2) is 102 Å². The molecule has 3 N–H and O–H groups in total. The number of hydrogen-bond donors (Lipinski definition) is 3. The van der Waals surface area contributed by atoms with Gasteiger partial charge in [-0.15, -0.1) is 0 Å². The summed E-state index contributed by atoms with van der Waals surface area (Å²) < 4.78 is 38.8. The van der Waals surface area contributed by atoms with Crippen molar-refractivity contribution in [3.63, 3.8) is 0 Å². The van der Waals surface area contributed by atoms with Gasteiger partial charge in [0.05, 0.1) is 29.9 Å². The zero-order chi connectivity index (χ0) is 27.8. The van der Waals surface area contributed by atoms with Gasteiger partial charge in [0, 0.05) is 16.9 Å². The highest BCUT2D eigenvalue weighted by molar-refractivity contribution is 7.92. The minimum Gasteiger partial charge on any atom is -0.497 e. The number of methoxy groups -OCH3 is 1. The SMILES string of the molecule is CCOc1ccc(S(=O)(=O)Nc2ccccc2C(=O)Nc2ccc(C(=O)Nc3ccc(OC)cc3)cc2)cc1. The number of hydrogen-bond acceptors (Lipinski definition) is 6. The Hall–Kier alpha value is -4.83. The molecule has 4 aromatic carbocycles. The molecular weight excluding hydrogens is 518 g/mol. The van der Waals surface area contributed by atoms with E-state index in [-0.39, 0.29) is 22.1 Å². The van der Waals surface area contributed by atoms with Crippen molar-refractivity contribution in [2.24, 2.45) is 0 Å². The third-order valence-electron chi connectivity index (χ3n) is 5.61. The van der Waals surface area contributed by atoms with E-state index in [1.807, 2.05) is 6.92 Å². The number of carbonyl (C=O) groups is 2. The molecular formula is C29H27N3O6S. The number of sulfonamides is 1. The number of rotatable bonds is 10. The molecule has 0 atom stereocenters. The summed E-state index contributed by atoms with van der Waals surface area (Å²) in [7, 11) is -2.39. The Morgan fingerprint density at radius 1 is 0.718 bits per heavy atom. The summed E-state index contributed by atoms with van der Waals surface area (Å²) in [6, 6.07) is 25.6. The van der Waals surface area contributed by atoms with E-state index in [2.05, 4.69) is 15.4 Å². The lowest BCUT2D eigenvalue weighted by atomic mass is 10.1. The Labute approximate surface area is 226 Å². The number of anilines is 3. The van der Waals surface area contributed by atoms with Gasteiger partial charge in [-0.25, -0.2) is 8.42 Å². The van der Waals surface area contributed by atoms with Crippen LogP contribution >= 0.6 is 0 Å². The Morgan fingerprint density at radius 2 is 1.28 bits per heavy atom. The molecule has 0 aromatic heterocycles.